The summed E-state index contributed by atoms with van der Waals surface area (Å²) < 4.78 is 1.01. The summed E-state index contributed by atoms with van der Waals surface area (Å²) >= 11 is 9.27. The summed E-state index contributed by atoms with van der Waals surface area (Å²) in [5, 5.41) is 0. The molecule has 0 bridgehead atoms. The van der Waals surface area contributed by atoms with Crippen LogP contribution in [0.5, 0.6) is 0 Å². The van der Waals surface area contributed by atoms with Crippen molar-refractivity contribution in [2.24, 2.45) is 10.9 Å². The van der Waals surface area contributed by atoms with Crippen LogP contribution in [0.4, 0.5) is 0 Å². The first-order valence-electron chi connectivity index (χ1n) is 9.30. The van der Waals surface area contributed by atoms with Crippen molar-refractivity contribution in [1.82, 2.24) is 4.90 Å². The average molecular weight is 441 g/mol. The van der Waals surface area contributed by atoms with E-state index in [1.165, 1.54) is 0 Å². The van der Waals surface area contributed by atoms with Crippen LogP contribution in [0.15, 0.2) is 64.1 Å². The Morgan fingerprint density at radius 3 is 2.37 bits per heavy atom. The highest BCUT2D eigenvalue weighted by Crippen LogP contribution is 2.42. The van der Waals surface area contributed by atoms with Crippen LogP contribution in [0.2, 0.25) is 0 Å². The molecule has 1 saturated carbocycles. The molecule has 1 fully saturated rings. The number of thiocarbonyl (C=S) groups is 1. The second-order valence-corrected chi connectivity index (χ2v) is 8.75. The van der Waals surface area contributed by atoms with Gasteiger partial charge in [0, 0.05) is 15.6 Å². The maximum absolute atomic E-state index is 13.4. The van der Waals surface area contributed by atoms with Gasteiger partial charge in [0.25, 0.3) is 5.91 Å². The fourth-order valence-electron chi connectivity index (χ4n) is 3.95. The number of aliphatic imine (C=N–C) groups is 1. The van der Waals surface area contributed by atoms with E-state index in [9.17, 15) is 4.79 Å². The molecule has 0 radical (unpaired) electrons. The molecular weight excluding hydrogens is 420 g/mol. The second kappa shape index (κ2) is 7.28. The molecule has 0 saturated heterocycles. The number of nitrogens with zero attached hydrogens (tertiary/aromatic N) is 2. The number of hydrogen-bond acceptors (Lipinski definition) is 3. The molecule has 2 aromatic rings. The molecule has 0 unspecified atom stereocenters. The van der Waals surface area contributed by atoms with E-state index >= 15 is 0 Å². The predicted molar refractivity (Wildman–Crippen MR) is 116 cm³/mol. The fraction of sp³-hybridized carbons (Fsp3) is 0.318. The Hall–Kier alpha value is -1.85. The highest BCUT2D eigenvalue weighted by Gasteiger charge is 2.49. The molecule has 4 rings (SSSR count). The third-order valence-electron chi connectivity index (χ3n) is 5.56. The second-order valence-electron chi connectivity index (χ2n) is 7.44. The Labute approximate surface area is 173 Å². The van der Waals surface area contributed by atoms with Crippen molar-refractivity contribution >= 4 is 44.8 Å². The van der Waals surface area contributed by atoms with Crippen LogP contribution in [-0.2, 0) is 0 Å². The monoisotopic (exact) mass is 440 g/mol. The lowest BCUT2D eigenvalue weighted by Crippen LogP contribution is -2.51. The SMILES string of the molecule is CC1CCC2(CC1)N=C(c1ccc(Br)cc1)C(=S)N2C(=O)c1ccccc1. The summed E-state index contributed by atoms with van der Waals surface area (Å²) in [6.45, 7) is 2.27. The summed E-state index contributed by atoms with van der Waals surface area (Å²) in [5.41, 5.74) is 1.84. The van der Waals surface area contributed by atoms with Gasteiger partial charge in [0.2, 0.25) is 0 Å². The van der Waals surface area contributed by atoms with Crippen molar-refractivity contribution in [3.05, 3.63) is 70.2 Å². The van der Waals surface area contributed by atoms with E-state index in [2.05, 4.69) is 22.9 Å². The van der Waals surface area contributed by atoms with E-state index in [0.717, 1.165) is 41.4 Å². The number of carbonyl (C=O) groups excluding carboxylic acids is 1. The number of rotatable bonds is 2. The van der Waals surface area contributed by atoms with Crippen molar-refractivity contribution in [3.63, 3.8) is 0 Å². The van der Waals surface area contributed by atoms with Crippen LogP contribution in [0.1, 0.15) is 48.5 Å². The molecule has 1 spiro atoms. The molecule has 2 aromatic carbocycles. The first kappa shape index (κ1) is 18.5. The average Bonchev–Trinajstić information content (AvgIpc) is 2.97. The van der Waals surface area contributed by atoms with Gasteiger partial charge in [-0.1, -0.05) is 65.4 Å². The Kier molecular flexibility index (Phi) is 4.99. The van der Waals surface area contributed by atoms with Crippen LogP contribution in [0.3, 0.4) is 0 Å². The molecule has 0 atom stereocenters. The van der Waals surface area contributed by atoms with Gasteiger partial charge in [-0.2, -0.15) is 0 Å². The molecular formula is C22H21BrN2OS. The van der Waals surface area contributed by atoms with Gasteiger partial charge in [0.15, 0.2) is 0 Å². The van der Waals surface area contributed by atoms with E-state index in [-0.39, 0.29) is 5.91 Å². The molecule has 0 aromatic heterocycles. The number of carbonyl (C=O) groups is 1. The van der Waals surface area contributed by atoms with Crippen molar-refractivity contribution in [2.75, 3.05) is 0 Å². The Bertz CT molecular complexity index is 900. The lowest BCUT2D eigenvalue weighted by atomic mass is 9.82. The maximum Gasteiger partial charge on any atom is 0.260 e. The van der Waals surface area contributed by atoms with Gasteiger partial charge in [-0.05, 0) is 55.9 Å². The highest BCUT2D eigenvalue weighted by molar-refractivity contribution is 9.10. The van der Waals surface area contributed by atoms with E-state index in [4.69, 9.17) is 17.2 Å². The van der Waals surface area contributed by atoms with Gasteiger partial charge in [-0.25, -0.2) is 0 Å². The zero-order valence-corrected chi connectivity index (χ0v) is 17.6. The first-order chi connectivity index (χ1) is 13.0. The number of hydrogen-bond donors (Lipinski definition) is 0. The minimum absolute atomic E-state index is 0.0500. The molecule has 1 heterocycles. The largest absolute Gasteiger partial charge is 0.271 e. The van der Waals surface area contributed by atoms with Crippen molar-refractivity contribution < 1.29 is 4.79 Å². The predicted octanol–water partition coefficient (Wildman–Crippen LogP) is 5.63. The van der Waals surface area contributed by atoms with Gasteiger partial charge >= 0.3 is 0 Å². The summed E-state index contributed by atoms with van der Waals surface area (Å²) in [4.78, 5) is 20.8. The van der Waals surface area contributed by atoms with Crippen LogP contribution in [0.25, 0.3) is 0 Å². The summed E-state index contributed by atoms with van der Waals surface area (Å²) in [6, 6.07) is 17.4. The molecule has 138 valence electrons. The van der Waals surface area contributed by atoms with Crippen LogP contribution >= 0.6 is 28.1 Å². The zero-order valence-electron chi connectivity index (χ0n) is 15.2. The van der Waals surface area contributed by atoms with Gasteiger partial charge in [-0.3, -0.25) is 14.7 Å². The molecule has 1 amide bonds. The van der Waals surface area contributed by atoms with Crippen molar-refractivity contribution in [3.8, 4) is 0 Å². The Morgan fingerprint density at radius 2 is 1.74 bits per heavy atom. The fourth-order valence-corrected chi connectivity index (χ4v) is 4.63. The van der Waals surface area contributed by atoms with Gasteiger partial charge in [-0.15, -0.1) is 0 Å². The number of halogens is 1. The van der Waals surface area contributed by atoms with Gasteiger partial charge in [0.1, 0.15) is 16.4 Å². The first-order valence-corrected chi connectivity index (χ1v) is 10.5. The molecule has 2 aliphatic rings. The summed E-state index contributed by atoms with van der Waals surface area (Å²) in [5.74, 6) is 0.607. The zero-order chi connectivity index (χ0) is 19.0. The van der Waals surface area contributed by atoms with Crippen LogP contribution in [-0.4, -0.2) is 27.2 Å². The minimum Gasteiger partial charge on any atom is -0.271 e. The smallest absolute Gasteiger partial charge is 0.260 e. The van der Waals surface area contributed by atoms with E-state index in [0.29, 0.717) is 16.5 Å². The molecule has 5 heteroatoms. The van der Waals surface area contributed by atoms with Crippen molar-refractivity contribution in [2.45, 2.75) is 38.3 Å². The number of benzene rings is 2. The highest BCUT2D eigenvalue weighted by atomic mass is 79.9. The molecule has 3 nitrogen and oxygen atoms in total. The third-order valence-corrected chi connectivity index (χ3v) is 6.46. The molecule has 1 aliphatic heterocycles. The van der Waals surface area contributed by atoms with Crippen LogP contribution in [0, 0.1) is 5.92 Å². The van der Waals surface area contributed by atoms with Gasteiger partial charge in [0.05, 0.1) is 0 Å². The standard InChI is InChI=1S/C22H21BrN2OS/c1-15-11-13-22(14-12-15)24-19(16-7-9-18(23)10-8-16)21(27)25(22)20(26)17-5-3-2-4-6-17/h2-10,15H,11-14H2,1H3. The molecule has 1 aliphatic carbocycles. The quantitative estimate of drug-likeness (QED) is 0.566. The van der Waals surface area contributed by atoms with Gasteiger partial charge < -0.3 is 0 Å². The van der Waals surface area contributed by atoms with E-state index < -0.39 is 5.66 Å². The number of amides is 1. The molecule has 27 heavy (non-hydrogen) atoms. The Balaban J connectivity index is 1.77. The minimum atomic E-state index is -0.543. The van der Waals surface area contributed by atoms with Crippen LogP contribution < -0.4 is 0 Å². The summed E-state index contributed by atoms with van der Waals surface area (Å²) in [7, 11) is 0. The lowest BCUT2D eigenvalue weighted by Gasteiger charge is -2.40. The van der Waals surface area contributed by atoms with E-state index in [1.807, 2.05) is 54.6 Å². The van der Waals surface area contributed by atoms with Crippen molar-refractivity contribution in [1.29, 1.82) is 0 Å². The normalized spacial score (nSPS) is 25.0. The Morgan fingerprint density at radius 1 is 1.11 bits per heavy atom. The summed E-state index contributed by atoms with van der Waals surface area (Å²) in [6.07, 6.45) is 3.82. The molecule has 0 N–H and O–H groups in total. The topological polar surface area (TPSA) is 32.7 Å². The third kappa shape index (κ3) is 3.39. The lowest BCUT2D eigenvalue weighted by molar-refractivity contribution is 0.0613. The maximum atomic E-state index is 13.4. The van der Waals surface area contributed by atoms with E-state index in [1.54, 1.807) is 4.90 Å².